The third-order valence-corrected chi connectivity index (χ3v) is 4.81. The second kappa shape index (κ2) is 11.5. The lowest BCUT2D eigenvalue weighted by Gasteiger charge is -2.04. The monoisotopic (exact) mass is 414 g/mol. The number of hydrogen-bond acceptors (Lipinski definition) is 6. The lowest BCUT2D eigenvalue weighted by Crippen LogP contribution is -2.15. The molecule has 0 saturated heterocycles. The molecule has 7 nitrogen and oxygen atoms in total. The molecule has 29 heavy (non-hydrogen) atoms. The lowest BCUT2D eigenvalue weighted by molar-refractivity contribution is 0.276. The van der Waals surface area contributed by atoms with Crippen LogP contribution in [0.25, 0.3) is 11.4 Å². The van der Waals surface area contributed by atoms with Crippen LogP contribution < -0.4 is 5.32 Å². The van der Waals surface area contributed by atoms with Gasteiger partial charge in [-0.15, -0.1) is 9.42 Å². The van der Waals surface area contributed by atoms with Gasteiger partial charge in [-0.3, -0.25) is 0 Å². The van der Waals surface area contributed by atoms with Gasteiger partial charge in [0, 0.05) is 23.1 Å². The number of aryl methyl sites for hydroxylation is 2. The number of rotatable bonds is 12. The van der Waals surface area contributed by atoms with Gasteiger partial charge in [0.25, 0.3) is 0 Å². The molecule has 3 rings (SSSR count). The van der Waals surface area contributed by atoms with Crippen molar-refractivity contribution in [3.63, 3.8) is 0 Å². The van der Waals surface area contributed by atoms with Crippen LogP contribution in [0.15, 0.2) is 59.1 Å². The van der Waals surface area contributed by atoms with Crippen LogP contribution in [-0.4, -0.2) is 28.2 Å². The molecule has 3 aromatic rings. The van der Waals surface area contributed by atoms with Crippen molar-refractivity contribution in [2.45, 2.75) is 32.2 Å². The van der Waals surface area contributed by atoms with Gasteiger partial charge in [0.15, 0.2) is 0 Å². The molecule has 0 fully saturated rings. The van der Waals surface area contributed by atoms with E-state index in [0.717, 1.165) is 30.4 Å². The van der Waals surface area contributed by atoms with Gasteiger partial charge in [-0.25, -0.2) is 0 Å². The molecule has 1 unspecified atom stereocenters. The Morgan fingerprint density at radius 3 is 2.55 bits per heavy atom. The standard InChI is InChI=1S/C21H24N3O4P/c25-29(26)27-15-5-14-22-16-18-10-12-19(13-11-18)21-23-20(28-24-21)9-4-8-17-6-2-1-3-7-17/h1-3,6-7,10-13,22H,4-5,8-9,14-16H2/p+1. The smallest absolute Gasteiger partial charge is 0.339 e. The Morgan fingerprint density at radius 1 is 1.00 bits per heavy atom. The van der Waals surface area contributed by atoms with Crippen LogP contribution in [0.5, 0.6) is 0 Å². The van der Waals surface area contributed by atoms with Crippen LogP contribution in [0.3, 0.4) is 0 Å². The summed E-state index contributed by atoms with van der Waals surface area (Å²) in [6.45, 7) is 1.69. The molecule has 0 aliphatic carbocycles. The maximum absolute atomic E-state index is 10.4. The molecule has 0 radical (unpaired) electrons. The topological polar surface area (TPSA) is 97.5 Å². The van der Waals surface area contributed by atoms with Gasteiger partial charge < -0.3 is 9.84 Å². The highest BCUT2D eigenvalue weighted by Gasteiger charge is 2.10. The Hall–Kier alpha value is -2.44. The van der Waals surface area contributed by atoms with Crippen LogP contribution in [0.1, 0.15) is 29.9 Å². The van der Waals surface area contributed by atoms with Gasteiger partial charge >= 0.3 is 8.25 Å². The van der Waals surface area contributed by atoms with Gasteiger partial charge in [-0.1, -0.05) is 59.8 Å². The minimum Gasteiger partial charge on any atom is -0.339 e. The number of aromatic nitrogens is 2. The fourth-order valence-corrected chi connectivity index (χ4v) is 3.19. The summed E-state index contributed by atoms with van der Waals surface area (Å²) in [4.78, 5) is 13.0. The molecule has 0 bridgehead atoms. The van der Waals surface area contributed by atoms with E-state index in [1.165, 1.54) is 5.56 Å². The van der Waals surface area contributed by atoms with E-state index in [1.807, 2.05) is 30.3 Å². The normalized spacial score (nSPS) is 11.6. The number of benzene rings is 2. The quantitative estimate of drug-likeness (QED) is 0.341. The Bertz CT molecular complexity index is 884. The van der Waals surface area contributed by atoms with E-state index in [-0.39, 0.29) is 6.61 Å². The van der Waals surface area contributed by atoms with Crippen molar-refractivity contribution < 1.29 is 18.5 Å². The maximum Gasteiger partial charge on any atom is 0.694 e. The fourth-order valence-electron chi connectivity index (χ4n) is 2.91. The van der Waals surface area contributed by atoms with E-state index in [4.69, 9.17) is 9.42 Å². The van der Waals surface area contributed by atoms with Crippen LogP contribution in [-0.2, 0) is 28.5 Å². The van der Waals surface area contributed by atoms with Gasteiger partial charge in [0.1, 0.15) is 6.61 Å². The summed E-state index contributed by atoms with van der Waals surface area (Å²) in [7, 11) is -2.50. The molecule has 0 amide bonds. The van der Waals surface area contributed by atoms with Gasteiger partial charge in [-0.05, 0) is 36.9 Å². The average molecular weight is 414 g/mol. The van der Waals surface area contributed by atoms with E-state index in [9.17, 15) is 4.57 Å². The number of nitrogens with one attached hydrogen (secondary N) is 1. The lowest BCUT2D eigenvalue weighted by atomic mass is 10.1. The summed E-state index contributed by atoms with van der Waals surface area (Å²) in [5.41, 5.74) is 3.37. The fraction of sp³-hybridized carbons (Fsp3) is 0.333. The molecule has 0 spiro atoms. The SMILES string of the molecule is O=[P+](O)OCCCNCc1ccc(-c2noc(CCCc3ccccc3)n2)cc1. The zero-order valence-corrected chi connectivity index (χ0v) is 17.1. The average Bonchev–Trinajstić information content (AvgIpc) is 3.20. The molecular weight excluding hydrogens is 389 g/mol. The first kappa shape index (κ1) is 21.3. The summed E-state index contributed by atoms with van der Waals surface area (Å²) in [6, 6.07) is 18.4. The van der Waals surface area contributed by atoms with Gasteiger partial charge in [0.05, 0.1) is 0 Å². The Morgan fingerprint density at radius 2 is 1.79 bits per heavy atom. The second-order valence-electron chi connectivity index (χ2n) is 6.65. The Labute approximate surface area is 171 Å². The molecule has 2 N–H and O–H groups in total. The first-order chi connectivity index (χ1) is 14.2. The highest BCUT2D eigenvalue weighted by molar-refractivity contribution is 7.32. The van der Waals surface area contributed by atoms with Crippen molar-refractivity contribution in [3.05, 3.63) is 71.6 Å². The van der Waals surface area contributed by atoms with Crippen LogP contribution in [0, 0.1) is 0 Å². The summed E-state index contributed by atoms with van der Waals surface area (Å²) in [5.74, 6) is 1.27. The Kier molecular flexibility index (Phi) is 8.46. The van der Waals surface area contributed by atoms with Crippen molar-refractivity contribution in [1.29, 1.82) is 0 Å². The van der Waals surface area contributed by atoms with Crippen LogP contribution in [0.2, 0.25) is 0 Å². The maximum atomic E-state index is 10.4. The van der Waals surface area contributed by atoms with Gasteiger partial charge in [0.2, 0.25) is 11.7 Å². The third-order valence-electron chi connectivity index (χ3n) is 4.41. The molecule has 1 atom stereocenters. The van der Waals surface area contributed by atoms with Crippen molar-refractivity contribution >= 4 is 8.25 Å². The summed E-state index contributed by atoms with van der Waals surface area (Å²) >= 11 is 0. The highest BCUT2D eigenvalue weighted by Crippen LogP contribution is 2.18. The van der Waals surface area contributed by atoms with Crippen LogP contribution >= 0.6 is 8.25 Å². The third kappa shape index (κ3) is 7.48. The van der Waals surface area contributed by atoms with E-state index in [2.05, 4.69) is 44.2 Å². The first-order valence-electron chi connectivity index (χ1n) is 9.66. The summed E-state index contributed by atoms with van der Waals surface area (Å²) in [5, 5.41) is 7.36. The molecule has 1 aromatic heterocycles. The highest BCUT2D eigenvalue weighted by atomic mass is 31.1. The summed E-state index contributed by atoms with van der Waals surface area (Å²) < 4.78 is 20.4. The van der Waals surface area contributed by atoms with E-state index in [1.54, 1.807) is 0 Å². The largest absolute Gasteiger partial charge is 0.694 e. The van der Waals surface area contributed by atoms with Gasteiger partial charge in [-0.2, -0.15) is 4.98 Å². The summed E-state index contributed by atoms with van der Waals surface area (Å²) in [6.07, 6.45) is 3.40. The van der Waals surface area contributed by atoms with Crippen molar-refractivity contribution in [1.82, 2.24) is 15.5 Å². The minimum absolute atomic E-state index is 0.267. The molecule has 8 heteroatoms. The number of hydrogen-bond donors (Lipinski definition) is 2. The first-order valence-corrected chi connectivity index (χ1v) is 10.8. The van der Waals surface area contributed by atoms with E-state index in [0.29, 0.717) is 31.2 Å². The second-order valence-corrected chi connectivity index (χ2v) is 7.38. The molecule has 0 aliphatic rings. The van der Waals surface area contributed by atoms with Crippen molar-refractivity contribution in [2.75, 3.05) is 13.2 Å². The Balaban J connectivity index is 1.41. The molecule has 0 saturated carbocycles. The molecule has 0 aliphatic heterocycles. The predicted molar refractivity (Wildman–Crippen MR) is 110 cm³/mol. The minimum atomic E-state index is -2.50. The molecule has 152 valence electrons. The van der Waals surface area contributed by atoms with Crippen molar-refractivity contribution in [3.8, 4) is 11.4 Å². The van der Waals surface area contributed by atoms with E-state index >= 15 is 0 Å². The molecular formula is C21H25N3O4P+. The molecule has 2 aromatic carbocycles. The predicted octanol–water partition coefficient (Wildman–Crippen LogP) is 4.06. The molecule has 1 heterocycles. The zero-order valence-electron chi connectivity index (χ0n) is 16.2. The van der Waals surface area contributed by atoms with Crippen LogP contribution in [0.4, 0.5) is 0 Å². The van der Waals surface area contributed by atoms with E-state index < -0.39 is 8.25 Å². The van der Waals surface area contributed by atoms with Crippen molar-refractivity contribution in [2.24, 2.45) is 0 Å². The zero-order chi connectivity index (χ0) is 20.3. The number of nitrogens with zero attached hydrogens (tertiary/aromatic N) is 2.